The van der Waals surface area contributed by atoms with Crippen LogP contribution in [0.25, 0.3) is 20.4 Å². The lowest BCUT2D eigenvalue weighted by molar-refractivity contribution is -0.134. The van der Waals surface area contributed by atoms with E-state index in [2.05, 4.69) is 24.9 Å². The molecule has 7 nitrogen and oxygen atoms in total. The molecular formula is C20H20N6OS2. The topological polar surface area (TPSA) is 83.9 Å². The molecule has 1 aliphatic rings. The Labute approximate surface area is 176 Å². The van der Waals surface area contributed by atoms with Crippen molar-refractivity contribution >= 4 is 60.7 Å². The average molecular weight is 425 g/mol. The summed E-state index contributed by atoms with van der Waals surface area (Å²) in [5.41, 5.74) is 3.14. The number of fused-ring (bicyclic) bond motifs is 4. The normalized spacial score (nSPS) is 16.1. The Balaban J connectivity index is 1.49. The van der Waals surface area contributed by atoms with Gasteiger partial charge in [-0.25, -0.2) is 9.97 Å². The van der Waals surface area contributed by atoms with Crippen LogP contribution >= 0.6 is 22.9 Å². The van der Waals surface area contributed by atoms with Crippen LogP contribution in [0, 0.1) is 5.92 Å². The highest BCUT2D eigenvalue weighted by molar-refractivity contribution is 7.19. The maximum Gasteiger partial charge on any atom is 0.225 e. The summed E-state index contributed by atoms with van der Waals surface area (Å²) in [4.78, 5) is 25.7. The Morgan fingerprint density at radius 3 is 3.10 bits per heavy atom. The van der Waals surface area contributed by atoms with E-state index in [4.69, 9.17) is 0 Å². The van der Waals surface area contributed by atoms with E-state index in [1.165, 1.54) is 22.0 Å². The Morgan fingerprint density at radius 1 is 1.34 bits per heavy atom. The van der Waals surface area contributed by atoms with E-state index in [0.29, 0.717) is 0 Å². The summed E-state index contributed by atoms with van der Waals surface area (Å²) in [5.74, 6) is 1.12. The first kappa shape index (κ1) is 18.4. The number of carbonyl (C=O) groups is 1. The minimum atomic E-state index is 0.0612. The molecule has 0 spiro atoms. The van der Waals surface area contributed by atoms with Crippen molar-refractivity contribution < 1.29 is 4.79 Å². The second-order valence-electron chi connectivity index (χ2n) is 7.28. The van der Waals surface area contributed by atoms with Gasteiger partial charge in [0.05, 0.1) is 10.1 Å². The second kappa shape index (κ2) is 7.31. The maximum absolute atomic E-state index is 12.6. The average Bonchev–Trinajstić information content (AvgIpc) is 3.36. The summed E-state index contributed by atoms with van der Waals surface area (Å²) in [6.07, 6.45) is 4.14. The fourth-order valence-electron chi connectivity index (χ4n) is 3.88. The van der Waals surface area contributed by atoms with Gasteiger partial charge in [-0.05, 0) is 61.5 Å². The highest BCUT2D eigenvalue weighted by atomic mass is 32.1. The molecule has 3 heterocycles. The van der Waals surface area contributed by atoms with Crippen LogP contribution in [0.4, 0.5) is 11.5 Å². The SMILES string of the molecule is CCN(C)C(=O)C1CCc2c(sc3ncnc(Nc4ccc5nnsc5c4)c23)C1. The number of carbonyl (C=O) groups excluding carboxylic acids is 1. The molecule has 5 rings (SSSR count). The lowest BCUT2D eigenvalue weighted by Crippen LogP contribution is -2.35. The summed E-state index contributed by atoms with van der Waals surface area (Å²) in [5, 5.41) is 8.64. The predicted octanol–water partition coefficient (Wildman–Crippen LogP) is 4.02. The van der Waals surface area contributed by atoms with Crippen molar-refractivity contribution in [2.24, 2.45) is 5.92 Å². The molecule has 0 saturated carbocycles. The Kier molecular flexibility index (Phi) is 4.63. The van der Waals surface area contributed by atoms with Gasteiger partial charge in [0, 0.05) is 30.1 Å². The molecule has 29 heavy (non-hydrogen) atoms. The van der Waals surface area contributed by atoms with Gasteiger partial charge in [-0.3, -0.25) is 4.79 Å². The second-order valence-corrected chi connectivity index (χ2v) is 9.15. The standard InChI is InChI=1S/C20H20N6OS2/c1-3-26(2)20(27)11-4-6-13-15(8-11)28-19-17(13)18(21-10-22-19)23-12-5-7-14-16(9-12)29-25-24-14/h5,7,9-11H,3-4,6,8H2,1-2H3,(H,21,22,23). The molecule has 0 bridgehead atoms. The minimum Gasteiger partial charge on any atom is -0.346 e. The van der Waals surface area contributed by atoms with Crippen LogP contribution in [0.1, 0.15) is 23.8 Å². The Hall–Kier alpha value is -2.65. The van der Waals surface area contributed by atoms with Crippen LogP contribution < -0.4 is 5.32 Å². The van der Waals surface area contributed by atoms with Gasteiger partial charge in [0.25, 0.3) is 0 Å². The maximum atomic E-state index is 12.6. The largest absolute Gasteiger partial charge is 0.346 e. The lowest BCUT2D eigenvalue weighted by atomic mass is 9.87. The Bertz CT molecular complexity index is 1220. The van der Waals surface area contributed by atoms with Crippen molar-refractivity contribution in [1.82, 2.24) is 24.5 Å². The summed E-state index contributed by atoms with van der Waals surface area (Å²) >= 11 is 3.07. The molecule has 0 saturated heterocycles. The third-order valence-electron chi connectivity index (χ3n) is 5.56. The molecule has 9 heteroatoms. The van der Waals surface area contributed by atoms with E-state index in [9.17, 15) is 4.79 Å². The third-order valence-corrected chi connectivity index (χ3v) is 7.40. The lowest BCUT2D eigenvalue weighted by Gasteiger charge is -2.26. The van der Waals surface area contributed by atoms with E-state index < -0.39 is 0 Å². The fraction of sp³-hybridized carbons (Fsp3) is 0.350. The smallest absolute Gasteiger partial charge is 0.225 e. The molecule has 1 unspecified atom stereocenters. The summed E-state index contributed by atoms with van der Waals surface area (Å²) in [6, 6.07) is 6.00. The number of hydrogen-bond acceptors (Lipinski definition) is 8. The first-order valence-corrected chi connectivity index (χ1v) is 11.2. The van der Waals surface area contributed by atoms with Crippen LogP contribution in [-0.2, 0) is 17.6 Å². The van der Waals surface area contributed by atoms with Gasteiger partial charge >= 0.3 is 0 Å². The van der Waals surface area contributed by atoms with Crippen molar-refractivity contribution in [3.63, 3.8) is 0 Å². The molecule has 1 atom stereocenters. The van der Waals surface area contributed by atoms with E-state index in [1.807, 2.05) is 37.1 Å². The first-order valence-electron chi connectivity index (χ1n) is 9.63. The first-order chi connectivity index (χ1) is 14.1. The van der Waals surface area contributed by atoms with Crippen molar-refractivity contribution in [3.05, 3.63) is 35.0 Å². The number of benzene rings is 1. The number of thiophene rings is 1. The van der Waals surface area contributed by atoms with Gasteiger partial charge in [-0.15, -0.1) is 16.4 Å². The number of aryl methyl sites for hydroxylation is 1. The van der Waals surface area contributed by atoms with Gasteiger partial charge in [-0.2, -0.15) is 0 Å². The van der Waals surface area contributed by atoms with E-state index in [0.717, 1.165) is 57.7 Å². The summed E-state index contributed by atoms with van der Waals surface area (Å²) in [7, 11) is 1.88. The molecule has 0 aliphatic heterocycles. The van der Waals surface area contributed by atoms with Crippen molar-refractivity contribution in [2.75, 3.05) is 18.9 Å². The van der Waals surface area contributed by atoms with Crippen molar-refractivity contribution in [2.45, 2.75) is 26.2 Å². The van der Waals surface area contributed by atoms with Crippen molar-refractivity contribution in [1.29, 1.82) is 0 Å². The number of amides is 1. The number of nitrogens with one attached hydrogen (secondary N) is 1. The quantitative estimate of drug-likeness (QED) is 0.533. The number of nitrogens with zero attached hydrogens (tertiary/aromatic N) is 5. The van der Waals surface area contributed by atoms with Crippen molar-refractivity contribution in [3.8, 4) is 0 Å². The third kappa shape index (κ3) is 3.24. The van der Waals surface area contributed by atoms with Crippen LogP contribution in [0.15, 0.2) is 24.5 Å². The van der Waals surface area contributed by atoms with Crippen LogP contribution in [0.3, 0.4) is 0 Å². The highest BCUT2D eigenvalue weighted by Crippen LogP contribution is 2.40. The van der Waals surface area contributed by atoms with Gasteiger partial charge in [0.2, 0.25) is 5.91 Å². The molecule has 0 fully saturated rings. The number of aromatic nitrogens is 4. The van der Waals surface area contributed by atoms with Gasteiger partial charge < -0.3 is 10.2 Å². The molecule has 1 N–H and O–H groups in total. The van der Waals surface area contributed by atoms with E-state index in [1.54, 1.807) is 17.7 Å². The molecule has 1 aliphatic carbocycles. The van der Waals surface area contributed by atoms with Crippen LogP contribution in [0.5, 0.6) is 0 Å². The minimum absolute atomic E-state index is 0.0612. The van der Waals surface area contributed by atoms with Crippen LogP contribution in [-0.4, -0.2) is 44.0 Å². The van der Waals surface area contributed by atoms with E-state index in [-0.39, 0.29) is 11.8 Å². The highest BCUT2D eigenvalue weighted by Gasteiger charge is 2.30. The molecule has 148 valence electrons. The predicted molar refractivity (Wildman–Crippen MR) is 117 cm³/mol. The molecule has 3 aromatic heterocycles. The number of hydrogen-bond donors (Lipinski definition) is 1. The Morgan fingerprint density at radius 2 is 2.24 bits per heavy atom. The van der Waals surface area contributed by atoms with Gasteiger partial charge in [0.15, 0.2) is 0 Å². The molecule has 0 radical (unpaired) electrons. The summed E-state index contributed by atoms with van der Waals surface area (Å²) < 4.78 is 5.03. The summed E-state index contributed by atoms with van der Waals surface area (Å²) in [6.45, 7) is 2.76. The zero-order chi connectivity index (χ0) is 20.0. The van der Waals surface area contributed by atoms with E-state index >= 15 is 0 Å². The zero-order valence-electron chi connectivity index (χ0n) is 16.2. The van der Waals surface area contributed by atoms with Gasteiger partial charge in [0.1, 0.15) is 22.5 Å². The number of rotatable bonds is 4. The molecule has 4 aromatic rings. The molecule has 1 amide bonds. The monoisotopic (exact) mass is 424 g/mol. The molecular weight excluding hydrogens is 404 g/mol. The zero-order valence-corrected chi connectivity index (χ0v) is 17.8. The fourth-order valence-corrected chi connectivity index (χ4v) is 5.74. The van der Waals surface area contributed by atoms with Gasteiger partial charge in [-0.1, -0.05) is 4.49 Å². The molecule has 1 aromatic carbocycles. The number of anilines is 2. The van der Waals surface area contributed by atoms with Crippen LogP contribution in [0.2, 0.25) is 0 Å².